The summed E-state index contributed by atoms with van der Waals surface area (Å²) in [7, 11) is 1.96. The van der Waals surface area contributed by atoms with Gasteiger partial charge in [0.2, 0.25) is 0 Å². The van der Waals surface area contributed by atoms with Crippen molar-refractivity contribution in [1.82, 2.24) is 9.78 Å². The molecule has 3 N–H and O–H groups in total. The SMILES string of the molecule is CCc1nn(C)c(NC2(CC)CCC2)c1N. The van der Waals surface area contributed by atoms with Gasteiger partial charge in [-0.3, -0.25) is 4.68 Å². The molecule has 0 amide bonds. The molecule has 16 heavy (non-hydrogen) atoms. The third-order valence-corrected chi connectivity index (χ3v) is 3.87. The average Bonchev–Trinajstić information content (AvgIpc) is 2.49. The van der Waals surface area contributed by atoms with E-state index in [2.05, 4.69) is 24.3 Å². The first-order chi connectivity index (χ1) is 7.62. The van der Waals surface area contributed by atoms with Crippen molar-refractivity contribution in [2.75, 3.05) is 11.1 Å². The van der Waals surface area contributed by atoms with Crippen molar-refractivity contribution in [3.8, 4) is 0 Å². The van der Waals surface area contributed by atoms with Crippen LogP contribution >= 0.6 is 0 Å². The summed E-state index contributed by atoms with van der Waals surface area (Å²) in [6, 6.07) is 0. The van der Waals surface area contributed by atoms with Gasteiger partial charge in [0.05, 0.1) is 11.4 Å². The summed E-state index contributed by atoms with van der Waals surface area (Å²) in [4.78, 5) is 0. The van der Waals surface area contributed by atoms with Gasteiger partial charge < -0.3 is 11.1 Å². The predicted octanol–water partition coefficient (Wildman–Crippen LogP) is 2.31. The Bertz CT molecular complexity index is 371. The third-order valence-electron chi connectivity index (χ3n) is 3.87. The molecule has 1 aliphatic rings. The van der Waals surface area contributed by atoms with Gasteiger partial charge in [-0.25, -0.2) is 0 Å². The zero-order chi connectivity index (χ0) is 11.8. The normalized spacial score (nSPS) is 18.2. The highest BCUT2D eigenvalue weighted by molar-refractivity contribution is 5.66. The van der Waals surface area contributed by atoms with Gasteiger partial charge in [-0.05, 0) is 32.1 Å². The Hall–Kier alpha value is -1.19. The molecule has 0 radical (unpaired) electrons. The summed E-state index contributed by atoms with van der Waals surface area (Å²) in [6.07, 6.45) is 5.85. The fourth-order valence-electron chi connectivity index (χ4n) is 2.43. The summed E-state index contributed by atoms with van der Waals surface area (Å²) in [5.41, 5.74) is 8.20. The minimum absolute atomic E-state index is 0.271. The quantitative estimate of drug-likeness (QED) is 0.822. The third kappa shape index (κ3) is 1.66. The molecule has 4 nitrogen and oxygen atoms in total. The molecular weight excluding hydrogens is 200 g/mol. The van der Waals surface area contributed by atoms with Crippen LogP contribution in [0.2, 0.25) is 0 Å². The fraction of sp³-hybridized carbons (Fsp3) is 0.750. The molecule has 0 aliphatic heterocycles. The lowest BCUT2D eigenvalue weighted by Gasteiger charge is -2.42. The van der Waals surface area contributed by atoms with E-state index < -0.39 is 0 Å². The largest absolute Gasteiger partial charge is 0.394 e. The molecule has 0 aromatic carbocycles. The zero-order valence-electron chi connectivity index (χ0n) is 10.5. The van der Waals surface area contributed by atoms with Crippen LogP contribution in [0.4, 0.5) is 11.5 Å². The van der Waals surface area contributed by atoms with Crippen LogP contribution in [0.25, 0.3) is 0 Å². The lowest BCUT2D eigenvalue weighted by molar-refractivity contribution is 0.268. The lowest BCUT2D eigenvalue weighted by atomic mass is 9.75. The first-order valence-electron chi connectivity index (χ1n) is 6.21. The molecule has 2 rings (SSSR count). The Balaban J connectivity index is 2.23. The molecule has 0 bridgehead atoms. The smallest absolute Gasteiger partial charge is 0.148 e. The number of rotatable bonds is 4. The number of nitrogens with one attached hydrogen (secondary N) is 1. The van der Waals surface area contributed by atoms with Crippen molar-refractivity contribution < 1.29 is 0 Å². The van der Waals surface area contributed by atoms with Crippen molar-refractivity contribution in [2.45, 2.75) is 51.5 Å². The number of aromatic nitrogens is 2. The summed E-state index contributed by atoms with van der Waals surface area (Å²) < 4.78 is 1.88. The van der Waals surface area contributed by atoms with Crippen molar-refractivity contribution in [3.63, 3.8) is 0 Å². The Labute approximate surface area is 97.2 Å². The van der Waals surface area contributed by atoms with E-state index in [1.807, 2.05) is 11.7 Å². The molecule has 1 aromatic rings. The first-order valence-corrected chi connectivity index (χ1v) is 6.21. The Morgan fingerprint density at radius 2 is 2.12 bits per heavy atom. The average molecular weight is 222 g/mol. The van der Waals surface area contributed by atoms with Gasteiger partial charge in [0.1, 0.15) is 5.82 Å². The minimum Gasteiger partial charge on any atom is -0.394 e. The van der Waals surface area contributed by atoms with E-state index in [-0.39, 0.29) is 5.54 Å². The van der Waals surface area contributed by atoms with Crippen molar-refractivity contribution in [3.05, 3.63) is 5.69 Å². The Morgan fingerprint density at radius 1 is 1.44 bits per heavy atom. The van der Waals surface area contributed by atoms with Gasteiger partial charge in [0.15, 0.2) is 0 Å². The molecule has 1 aliphatic carbocycles. The number of nitrogens with two attached hydrogens (primary N) is 1. The molecule has 1 heterocycles. The van der Waals surface area contributed by atoms with Gasteiger partial charge in [-0.2, -0.15) is 5.10 Å². The van der Waals surface area contributed by atoms with Crippen LogP contribution < -0.4 is 11.1 Å². The molecule has 1 aromatic heterocycles. The summed E-state index contributed by atoms with van der Waals surface area (Å²) in [5, 5.41) is 8.04. The molecule has 0 saturated heterocycles. The van der Waals surface area contributed by atoms with Crippen LogP contribution in [0.3, 0.4) is 0 Å². The molecular formula is C12H22N4. The predicted molar refractivity (Wildman–Crippen MR) is 67.5 cm³/mol. The second kappa shape index (κ2) is 4.00. The van der Waals surface area contributed by atoms with E-state index in [4.69, 9.17) is 5.73 Å². The summed E-state index contributed by atoms with van der Waals surface area (Å²) in [6.45, 7) is 4.32. The van der Waals surface area contributed by atoms with E-state index in [1.54, 1.807) is 0 Å². The number of hydrogen-bond acceptors (Lipinski definition) is 3. The van der Waals surface area contributed by atoms with Gasteiger partial charge in [-0.1, -0.05) is 13.8 Å². The number of nitrogen functional groups attached to an aromatic ring is 1. The summed E-state index contributed by atoms with van der Waals surface area (Å²) >= 11 is 0. The maximum atomic E-state index is 6.11. The van der Waals surface area contributed by atoms with E-state index in [0.717, 1.165) is 30.0 Å². The van der Waals surface area contributed by atoms with Crippen LogP contribution in [0.1, 0.15) is 45.2 Å². The topological polar surface area (TPSA) is 55.9 Å². The van der Waals surface area contributed by atoms with Crippen LogP contribution in [-0.4, -0.2) is 15.3 Å². The van der Waals surface area contributed by atoms with E-state index in [1.165, 1.54) is 19.3 Å². The minimum atomic E-state index is 0.271. The van der Waals surface area contributed by atoms with Crippen molar-refractivity contribution in [1.29, 1.82) is 0 Å². The highest BCUT2D eigenvalue weighted by atomic mass is 15.3. The molecule has 90 valence electrons. The second-order valence-corrected chi connectivity index (χ2v) is 4.80. The maximum absolute atomic E-state index is 6.11. The molecule has 1 saturated carbocycles. The van der Waals surface area contributed by atoms with Crippen molar-refractivity contribution in [2.24, 2.45) is 7.05 Å². The molecule has 4 heteroatoms. The highest BCUT2D eigenvalue weighted by Crippen LogP contribution is 2.39. The van der Waals surface area contributed by atoms with Crippen LogP contribution in [-0.2, 0) is 13.5 Å². The lowest BCUT2D eigenvalue weighted by Crippen LogP contribution is -2.44. The maximum Gasteiger partial charge on any atom is 0.148 e. The Morgan fingerprint density at radius 3 is 2.50 bits per heavy atom. The van der Waals surface area contributed by atoms with E-state index in [0.29, 0.717) is 0 Å². The van der Waals surface area contributed by atoms with Crippen LogP contribution in [0.5, 0.6) is 0 Å². The van der Waals surface area contributed by atoms with Gasteiger partial charge in [-0.15, -0.1) is 0 Å². The fourth-order valence-corrected chi connectivity index (χ4v) is 2.43. The standard InChI is InChI=1S/C12H22N4/c1-4-9-10(13)11(16(3)15-9)14-12(5-2)7-6-8-12/h14H,4-8,13H2,1-3H3. The molecule has 0 unspecified atom stereocenters. The Kier molecular flexibility index (Phi) is 2.82. The van der Waals surface area contributed by atoms with Gasteiger partial charge in [0, 0.05) is 12.6 Å². The number of hydrogen-bond donors (Lipinski definition) is 2. The monoisotopic (exact) mass is 222 g/mol. The zero-order valence-corrected chi connectivity index (χ0v) is 10.5. The van der Waals surface area contributed by atoms with Crippen molar-refractivity contribution >= 4 is 11.5 Å². The van der Waals surface area contributed by atoms with Crippen LogP contribution in [0, 0.1) is 0 Å². The first kappa shape index (κ1) is 11.3. The molecule has 0 spiro atoms. The number of anilines is 2. The highest BCUT2D eigenvalue weighted by Gasteiger charge is 2.36. The van der Waals surface area contributed by atoms with Crippen LogP contribution in [0.15, 0.2) is 0 Å². The van der Waals surface area contributed by atoms with Gasteiger partial charge >= 0.3 is 0 Å². The van der Waals surface area contributed by atoms with E-state index >= 15 is 0 Å². The van der Waals surface area contributed by atoms with E-state index in [9.17, 15) is 0 Å². The molecule has 1 fully saturated rings. The molecule has 0 atom stereocenters. The van der Waals surface area contributed by atoms with Gasteiger partial charge in [0.25, 0.3) is 0 Å². The number of nitrogens with zero attached hydrogens (tertiary/aromatic N) is 2. The second-order valence-electron chi connectivity index (χ2n) is 4.80. The summed E-state index contributed by atoms with van der Waals surface area (Å²) in [5.74, 6) is 0.999. The number of aryl methyl sites for hydroxylation is 2.